The summed E-state index contributed by atoms with van der Waals surface area (Å²) in [6.45, 7) is 8.40. The fourth-order valence-electron chi connectivity index (χ4n) is 4.31. The third-order valence-corrected chi connectivity index (χ3v) is 6.81. The van der Waals surface area contributed by atoms with E-state index in [0.717, 1.165) is 50.6 Å². The number of likely N-dealkylation sites (N-methyl/N-ethyl adjacent to an activating group) is 1. The van der Waals surface area contributed by atoms with Crippen LogP contribution in [0.15, 0.2) is 10.9 Å². The van der Waals surface area contributed by atoms with Crippen molar-refractivity contribution in [2.75, 3.05) is 37.6 Å². The summed E-state index contributed by atoms with van der Waals surface area (Å²) < 4.78 is 1.36. The average molecular weight is 405 g/mol. The number of anilines is 1. The maximum atomic E-state index is 12.8. The number of carbonyl (C=O) groups is 1. The first kappa shape index (κ1) is 19.3. The second kappa shape index (κ2) is 8.16. The molecule has 9 heteroatoms. The van der Waals surface area contributed by atoms with Crippen LogP contribution in [0.4, 0.5) is 5.13 Å². The molecule has 0 aromatic carbocycles. The minimum atomic E-state index is -0.159. The minimum absolute atomic E-state index is 0.0383. The van der Waals surface area contributed by atoms with Crippen LogP contribution in [0.1, 0.15) is 38.3 Å². The molecule has 0 radical (unpaired) electrons. The first-order valence-electron chi connectivity index (χ1n) is 10.2. The number of nitrogens with zero attached hydrogens (tertiary/aromatic N) is 5. The van der Waals surface area contributed by atoms with Gasteiger partial charge in [0.15, 0.2) is 0 Å². The van der Waals surface area contributed by atoms with E-state index in [2.05, 4.69) is 32.1 Å². The highest BCUT2D eigenvalue weighted by Gasteiger charge is 2.29. The number of hydrogen-bond donors (Lipinski definition) is 1. The van der Waals surface area contributed by atoms with E-state index in [1.165, 1.54) is 28.3 Å². The molecule has 0 aliphatic carbocycles. The lowest BCUT2D eigenvalue weighted by Gasteiger charge is -2.32. The fraction of sp³-hybridized carbons (Fsp3) is 0.684. The Hall–Kier alpha value is -2.00. The molecule has 0 bridgehead atoms. The summed E-state index contributed by atoms with van der Waals surface area (Å²) in [6.07, 6.45) is 4.22. The van der Waals surface area contributed by atoms with Crippen molar-refractivity contribution in [3.05, 3.63) is 22.1 Å². The molecule has 2 aliphatic heterocycles. The molecule has 2 aliphatic rings. The lowest BCUT2D eigenvalue weighted by Crippen LogP contribution is -2.46. The molecule has 1 N–H and O–H groups in total. The lowest BCUT2D eigenvalue weighted by atomic mass is 9.97. The molecule has 4 rings (SSSR count). The van der Waals surface area contributed by atoms with Gasteiger partial charge in [0.1, 0.15) is 0 Å². The van der Waals surface area contributed by atoms with Crippen LogP contribution in [-0.4, -0.2) is 64.2 Å². The van der Waals surface area contributed by atoms with Gasteiger partial charge in [-0.3, -0.25) is 14.5 Å². The summed E-state index contributed by atoms with van der Waals surface area (Å²) in [5, 5.41) is 8.40. The third-order valence-electron chi connectivity index (χ3n) is 5.84. The number of amides is 1. The van der Waals surface area contributed by atoms with Gasteiger partial charge < -0.3 is 10.2 Å². The zero-order chi connectivity index (χ0) is 19.7. The van der Waals surface area contributed by atoms with Gasteiger partial charge in [-0.2, -0.15) is 4.52 Å². The number of aromatic nitrogens is 3. The number of likely N-dealkylation sites (tertiary alicyclic amines) is 1. The minimum Gasteiger partial charge on any atom is -0.354 e. The number of piperidine rings is 1. The molecule has 28 heavy (non-hydrogen) atoms. The Morgan fingerprint density at radius 2 is 2.14 bits per heavy atom. The summed E-state index contributed by atoms with van der Waals surface area (Å²) >= 11 is 1.41. The topological polar surface area (TPSA) is 82.8 Å². The molecule has 2 aromatic rings. The van der Waals surface area contributed by atoms with Crippen LogP contribution in [0.25, 0.3) is 4.96 Å². The molecule has 2 atom stereocenters. The van der Waals surface area contributed by atoms with Crippen molar-refractivity contribution in [3.63, 3.8) is 0 Å². The standard InChI is InChI=1S/C19H28N6O2S/c1-3-23-8-5-7-15(23)11-20-17(27)14-6-4-9-24(12-14)19-22-25-16(26)10-13(2)21-18(25)28-19/h10,14-15H,3-9,11-12H2,1-2H3,(H,20,27)/t14-,15+/m0/s1. The van der Waals surface area contributed by atoms with Crippen molar-refractivity contribution in [1.82, 2.24) is 24.8 Å². The smallest absolute Gasteiger partial charge is 0.275 e. The van der Waals surface area contributed by atoms with Crippen LogP contribution in [0.3, 0.4) is 0 Å². The highest BCUT2D eigenvalue weighted by Crippen LogP contribution is 2.27. The van der Waals surface area contributed by atoms with Gasteiger partial charge in [-0.25, -0.2) is 4.98 Å². The number of hydrogen-bond acceptors (Lipinski definition) is 7. The van der Waals surface area contributed by atoms with E-state index >= 15 is 0 Å². The summed E-state index contributed by atoms with van der Waals surface area (Å²) in [5.74, 6) is 0.101. The van der Waals surface area contributed by atoms with Crippen LogP contribution in [0.2, 0.25) is 0 Å². The molecule has 4 heterocycles. The predicted molar refractivity (Wildman–Crippen MR) is 110 cm³/mol. The largest absolute Gasteiger partial charge is 0.354 e. The molecule has 2 aromatic heterocycles. The van der Waals surface area contributed by atoms with Crippen molar-refractivity contribution >= 4 is 27.3 Å². The molecule has 8 nitrogen and oxygen atoms in total. The lowest BCUT2D eigenvalue weighted by molar-refractivity contribution is -0.125. The normalized spacial score (nSPS) is 23.4. The molecule has 0 spiro atoms. The number of carbonyl (C=O) groups excluding carboxylic acids is 1. The van der Waals surface area contributed by atoms with Gasteiger partial charge >= 0.3 is 0 Å². The predicted octanol–water partition coefficient (Wildman–Crippen LogP) is 1.28. The van der Waals surface area contributed by atoms with Gasteiger partial charge in [0.25, 0.3) is 5.56 Å². The van der Waals surface area contributed by atoms with Crippen LogP contribution < -0.4 is 15.8 Å². The maximum absolute atomic E-state index is 12.8. The van der Waals surface area contributed by atoms with E-state index in [1.807, 2.05) is 6.92 Å². The first-order valence-corrected chi connectivity index (χ1v) is 11.0. The fourth-order valence-corrected chi connectivity index (χ4v) is 5.30. The Balaban J connectivity index is 1.41. The molecule has 1 amide bonds. The van der Waals surface area contributed by atoms with E-state index in [-0.39, 0.29) is 17.4 Å². The number of aryl methyl sites for hydroxylation is 1. The Morgan fingerprint density at radius 3 is 2.96 bits per heavy atom. The van der Waals surface area contributed by atoms with Gasteiger partial charge in [0, 0.05) is 37.4 Å². The van der Waals surface area contributed by atoms with E-state index in [4.69, 9.17) is 0 Å². The third kappa shape index (κ3) is 3.91. The van der Waals surface area contributed by atoms with Crippen molar-refractivity contribution in [2.24, 2.45) is 5.92 Å². The van der Waals surface area contributed by atoms with Crippen LogP contribution in [-0.2, 0) is 4.79 Å². The number of rotatable bonds is 5. The number of nitrogens with one attached hydrogen (secondary N) is 1. The van der Waals surface area contributed by atoms with Crippen LogP contribution >= 0.6 is 11.3 Å². The number of fused-ring (bicyclic) bond motifs is 1. The second-order valence-corrected chi connectivity index (χ2v) is 8.70. The van der Waals surface area contributed by atoms with E-state index < -0.39 is 0 Å². The monoisotopic (exact) mass is 404 g/mol. The van der Waals surface area contributed by atoms with Crippen LogP contribution in [0.5, 0.6) is 0 Å². The Kier molecular flexibility index (Phi) is 5.63. The highest BCUT2D eigenvalue weighted by atomic mass is 32.1. The van der Waals surface area contributed by atoms with Gasteiger partial charge in [0.2, 0.25) is 16.0 Å². The van der Waals surface area contributed by atoms with Gasteiger partial charge in [0.05, 0.1) is 5.92 Å². The van der Waals surface area contributed by atoms with E-state index in [0.29, 0.717) is 23.2 Å². The van der Waals surface area contributed by atoms with E-state index in [1.54, 1.807) is 0 Å². The summed E-state index contributed by atoms with van der Waals surface area (Å²) in [5.41, 5.74) is 0.539. The van der Waals surface area contributed by atoms with Crippen molar-refractivity contribution in [3.8, 4) is 0 Å². The Bertz CT molecular complexity index is 909. The zero-order valence-electron chi connectivity index (χ0n) is 16.6. The zero-order valence-corrected chi connectivity index (χ0v) is 17.4. The van der Waals surface area contributed by atoms with Crippen LogP contribution in [0, 0.1) is 12.8 Å². The van der Waals surface area contributed by atoms with Gasteiger partial charge in [-0.15, -0.1) is 5.10 Å². The SMILES string of the molecule is CCN1CCC[C@@H]1CNC(=O)[C@H]1CCCN(c2nn3c(=O)cc(C)nc3s2)C1. The van der Waals surface area contributed by atoms with E-state index in [9.17, 15) is 9.59 Å². The highest BCUT2D eigenvalue weighted by molar-refractivity contribution is 7.20. The quantitative estimate of drug-likeness (QED) is 0.808. The molecular weight excluding hydrogens is 376 g/mol. The second-order valence-electron chi connectivity index (χ2n) is 7.77. The van der Waals surface area contributed by atoms with Crippen molar-refractivity contribution in [1.29, 1.82) is 0 Å². The summed E-state index contributed by atoms with van der Waals surface area (Å²) in [7, 11) is 0. The average Bonchev–Trinajstić information content (AvgIpc) is 3.32. The summed E-state index contributed by atoms with van der Waals surface area (Å²) in [4.78, 5) is 34.4. The van der Waals surface area contributed by atoms with Gasteiger partial charge in [-0.05, 0) is 45.7 Å². The van der Waals surface area contributed by atoms with Gasteiger partial charge in [-0.1, -0.05) is 18.3 Å². The Morgan fingerprint density at radius 1 is 1.32 bits per heavy atom. The molecular formula is C19H28N6O2S. The Labute approximate surface area is 168 Å². The van der Waals surface area contributed by atoms with Crippen molar-refractivity contribution < 1.29 is 4.79 Å². The molecule has 2 saturated heterocycles. The summed E-state index contributed by atoms with van der Waals surface area (Å²) in [6, 6.07) is 1.96. The molecule has 0 unspecified atom stereocenters. The van der Waals surface area contributed by atoms with Crippen molar-refractivity contribution in [2.45, 2.75) is 45.6 Å². The first-order chi connectivity index (χ1) is 13.5. The molecule has 0 saturated carbocycles. The maximum Gasteiger partial charge on any atom is 0.275 e. The molecule has 2 fully saturated rings. The molecule has 152 valence electrons.